The molecule has 0 aliphatic rings. The molecule has 0 unspecified atom stereocenters. The van der Waals surface area contributed by atoms with Crippen LogP contribution < -0.4 is 5.90 Å². The van der Waals surface area contributed by atoms with Crippen LogP contribution in [0.3, 0.4) is 0 Å². The Bertz CT molecular complexity index is 499. The molecule has 0 saturated heterocycles. The molecule has 0 fully saturated rings. The minimum atomic E-state index is 0.199. The van der Waals surface area contributed by atoms with Crippen molar-refractivity contribution in [2.75, 3.05) is 0 Å². The maximum atomic E-state index is 9.66. The summed E-state index contributed by atoms with van der Waals surface area (Å²) >= 11 is 3.40. The van der Waals surface area contributed by atoms with Gasteiger partial charge in [0.05, 0.1) is 6.61 Å². The molecule has 3 nitrogen and oxygen atoms in total. The van der Waals surface area contributed by atoms with E-state index < -0.39 is 0 Å². The summed E-state index contributed by atoms with van der Waals surface area (Å²) in [5.41, 5.74) is 0.711. The van der Waals surface area contributed by atoms with E-state index in [9.17, 15) is 5.11 Å². The Morgan fingerprint density at radius 3 is 2.80 bits per heavy atom. The number of hydrogen-bond donors (Lipinski definition) is 2. The fourth-order valence-corrected chi connectivity index (χ4v) is 1.97. The van der Waals surface area contributed by atoms with E-state index in [-0.39, 0.29) is 12.4 Å². The van der Waals surface area contributed by atoms with Crippen molar-refractivity contribution >= 4 is 26.7 Å². The number of benzene rings is 2. The van der Waals surface area contributed by atoms with Crippen LogP contribution >= 0.6 is 15.9 Å². The van der Waals surface area contributed by atoms with Crippen LogP contribution in [0.5, 0.6) is 5.75 Å². The monoisotopic (exact) mass is 267 g/mol. The van der Waals surface area contributed by atoms with Crippen molar-refractivity contribution in [3.8, 4) is 5.75 Å². The van der Waals surface area contributed by atoms with Gasteiger partial charge >= 0.3 is 0 Å². The van der Waals surface area contributed by atoms with Gasteiger partial charge in [0.1, 0.15) is 5.75 Å². The molecule has 0 heterocycles. The molecule has 2 aromatic carbocycles. The van der Waals surface area contributed by atoms with E-state index in [0.717, 1.165) is 15.2 Å². The molecular formula is C11H10BrNO2. The first-order valence-electron chi connectivity index (χ1n) is 4.44. The third-order valence-corrected chi connectivity index (χ3v) is 2.79. The van der Waals surface area contributed by atoms with Gasteiger partial charge in [0.2, 0.25) is 0 Å². The molecule has 78 valence electrons. The minimum Gasteiger partial charge on any atom is -0.508 e. The normalized spacial score (nSPS) is 10.8. The summed E-state index contributed by atoms with van der Waals surface area (Å²) in [6, 6.07) is 9.32. The molecule has 2 rings (SSSR count). The summed E-state index contributed by atoms with van der Waals surface area (Å²) in [5, 5.41) is 11.6. The number of phenolic OH excluding ortho intramolecular Hbond substituents is 1. The molecule has 4 heteroatoms. The van der Waals surface area contributed by atoms with Crippen molar-refractivity contribution in [3.63, 3.8) is 0 Å². The zero-order valence-electron chi connectivity index (χ0n) is 7.90. The first-order valence-corrected chi connectivity index (χ1v) is 5.23. The number of fused-ring (bicyclic) bond motifs is 1. The van der Waals surface area contributed by atoms with Crippen LogP contribution in [0.1, 0.15) is 5.56 Å². The third kappa shape index (κ3) is 1.97. The quantitative estimate of drug-likeness (QED) is 0.823. The predicted molar refractivity (Wildman–Crippen MR) is 62.3 cm³/mol. The Hall–Kier alpha value is -1.10. The first kappa shape index (κ1) is 10.4. The van der Waals surface area contributed by atoms with E-state index in [1.54, 1.807) is 6.07 Å². The van der Waals surface area contributed by atoms with Crippen LogP contribution in [0.4, 0.5) is 0 Å². The highest BCUT2D eigenvalue weighted by Gasteiger charge is 2.06. The molecule has 0 radical (unpaired) electrons. The Balaban J connectivity index is 2.70. The lowest BCUT2D eigenvalue weighted by Crippen LogP contribution is -1.99. The zero-order valence-corrected chi connectivity index (χ0v) is 9.49. The molecule has 0 amide bonds. The SMILES string of the molecule is NOCc1c(O)ccc2cc(Br)ccc12. The second kappa shape index (κ2) is 4.18. The predicted octanol–water partition coefficient (Wildman–Crippen LogP) is 2.70. The molecule has 0 aliphatic heterocycles. The average Bonchev–Trinajstić information content (AvgIpc) is 2.22. The lowest BCUT2D eigenvalue weighted by atomic mass is 10.0. The van der Waals surface area contributed by atoms with Gasteiger partial charge in [-0.2, -0.15) is 0 Å². The zero-order chi connectivity index (χ0) is 10.8. The summed E-state index contributed by atoms with van der Waals surface area (Å²) in [5.74, 6) is 5.23. The van der Waals surface area contributed by atoms with E-state index in [2.05, 4.69) is 20.8 Å². The van der Waals surface area contributed by atoms with Crippen LogP contribution in [-0.4, -0.2) is 5.11 Å². The molecule has 0 saturated carbocycles. The van der Waals surface area contributed by atoms with Crippen molar-refractivity contribution in [1.82, 2.24) is 0 Å². The van der Waals surface area contributed by atoms with E-state index in [0.29, 0.717) is 5.56 Å². The average molecular weight is 268 g/mol. The van der Waals surface area contributed by atoms with Gasteiger partial charge in [0.15, 0.2) is 0 Å². The van der Waals surface area contributed by atoms with Gasteiger partial charge in [-0.05, 0) is 29.0 Å². The molecule has 3 N–H and O–H groups in total. The van der Waals surface area contributed by atoms with Crippen molar-refractivity contribution < 1.29 is 9.94 Å². The van der Waals surface area contributed by atoms with Crippen LogP contribution in [0.2, 0.25) is 0 Å². The van der Waals surface area contributed by atoms with Crippen LogP contribution in [0, 0.1) is 0 Å². The van der Waals surface area contributed by atoms with Crippen LogP contribution in [0.25, 0.3) is 10.8 Å². The maximum absolute atomic E-state index is 9.66. The molecule has 0 spiro atoms. The molecule has 0 aromatic heterocycles. The van der Waals surface area contributed by atoms with Crippen molar-refractivity contribution in [1.29, 1.82) is 0 Å². The van der Waals surface area contributed by atoms with Gasteiger partial charge < -0.3 is 5.11 Å². The van der Waals surface area contributed by atoms with E-state index in [1.807, 2.05) is 24.3 Å². The Morgan fingerprint density at radius 1 is 1.27 bits per heavy atom. The molecule has 0 bridgehead atoms. The van der Waals surface area contributed by atoms with E-state index >= 15 is 0 Å². The van der Waals surface area contributed by atoms with E-state index in [4.69, 9.17) is 5.90 Å². The first-order chi connectivity index (χ1) is 7.22. The van der Waals surface area contributed by atoms with Gasteiger partial charge in [-0.15, -0.1) is 0 Å². The largest absolute Gasteiger partial charge is 0.508 e. The van der Waals surface area contributed by atoms with Crippen molar-refractivity contribution in [3.05, 3.63) is 40.4 Å². The summed E-state index contributed by atoms with van der Waals surface area (Å²) in [6.45, 7) is 0.199. The molecule has 2 aromatic rings. The summed E-state index contributed by atoms with van der Waals surface area (Å²) in [7, 11) is 0. The topological polar surface area (TPSA) is 55.5 Å². The fourth-order valence-electron chi connectivity index (χ4n) is 1.59. The number of rotatable bonds is 2. The summed E-state index contributed by atoms with van der Waals surface area (Å²) in [6.07, 6.45) is 0. The van der Waals surface area contributed by atoms with Crippen molar-refractivity contribution in [2.45, 2.75) is 6.61 Å². The number of hydrogen-bond acceptors (Lipinski definition) is 3. The second-order valence-corrected chi connectivity index (χ2v) is 4.16. The van der Waals surface area contributed by atoms with Crippen LogP contribution in [-0.2, 0) is 11.4 Å². The Kier molecular flexibility index (Phi) is 2.90. The lowest BCUT2D eigenvalue weighted by molar-refractivity contribution is 0.123. The van der Waals surface area contributed by atoms with Gasteiger partial charge in [-0.25, -0.2) is 5.90 Å². The Labute approximate surface area is 95.5 Å². The number of aromatic hydroxyl groups is 1. The standard InChI is InChI=1S/C11H10BrNO2/c12-8-2-3-9-7(5-8)1-4-11(14)10(9)6-15-13/h1-5,14H,6,13H2. The second-order valence-electron chi connectivity index (χ2n) is 3.24. The summed E-state index contributed by atoms with van der Waals surface area (Å²) < 4.78 is 1.00. The van der Waals surface area contributed by atoms with Gasteiger partial charge in [-0.3, -0.25) is 4.84 Å². The molecular weight excluding hydrogens is 258 g/mol. The van der Waals surface area contributed by atoms with E-state index in [1.165, 1.54) is 0 Å². The molecule has 0 atom stereocenters. The smallest absolute Gasteiger partial charge is 0.121 e. The minimum absolute atomic E-state index is 0.199. The summed E-state index contributed by atoms with van der Waals surface area (Å²) in [4.78, 5) is 4.58. The number of nitrogens with two attached hydrogens (primary N) is 1. The highest BCUT2D eigenvalue weighted by molar-refractivity contribution is 9.10. The van der Waals surface area contributed by atoms with Gasteiger partial charge in [-0.1, -0.05) is 28.1 Å². The third-order valence-electron chi connectivity index (χ3n) is 2.30. The van der Waals surface area contributed by atoms with Crippen LogP contribution in [0.15, 0.2) is 34.8 Å². The lowest BCUT2D eigenvalue weighted by Gasteiger charge is -2.08. The highest BCUT2D eigenvalue weighted by atomic mass is 79.9. The highest BCUT2D eigenvalue weighted by Crippen LogP contribution is 2.29. The van der Waals surface area contributed by atoms with Gasteiger partial charge in [0.25, 0.3) is 0 Å². The Morgan fingerprint density at radius 2 is 2.07 bits per heavy atom. The van der Waals surface area contributed by atoms with Crippen molar-refractivity contribution in [2.24, 2.45) is 5.90 Å². The molecule has 15 heavy (non-hydrogen) atoms. The molecule has 0 aliphatic carbocycles. The number of halogens is 1. The fraction of sp³-hybridized carbons (Fsp3) is 0.0909. The maximum Gasteiger partial charge on any atom is 0.121 e. The number of phenols is 1. The van der Waals surface area contributed by atoms with Gasteiger partial charge in [0, 0.05) is 10.0 Å².